The van der Waals surface area contributed by atoms with Crippen molar-refractivity contribution in [2.24, 2.45) is 11.8 Å². The molecule has 3 rings (SSSR count). The van der Waals surface area contributed by atoms with Gasteiger partial charge >= 0.3 is 12.1 Å². The van der Waals surface area contributed by atoms with Gasteiger partial charge in [0.15, 0.2) is 0 Å². The average molecular weight is 387 g/mol. The maximum absolute atomic E-state index is 12.8. The number of nitrogens with one attached hydrogen (secondary N) is 1. The zero-order chi connectivity index (χ0) is 19.8. The highest BCUT2D eigenvalue weighted by atomic mass is 19.4. The molecule has 1 saturated heterocycles. The molecule has 148 valence electrons. The van der Waals surface area contributed by atoms with Crippen molar-refractivity contribution < 1.29 is 32.3 Å². The van der Waals surface area contributed by atoms with Crippen LogP contribution in [0.1, 0.15) is 43.9 Å². The van der Waals surface area contributed by atoms with E-state index >= 15 is 0 Å². The van der Waals surface area contributed by atoms with Crippen LogP contribution < -0.4 is 0 Å². The first-order valence-corrected chi connectivity index (χ1v) is 8.84. The normalized spacial score (nSPS) is 24.1. The van der Waals surface area contributed by atoms with Crippen LogP contribution in [0, 0.1) is 11.8 Å². The van der Waals surface area contributed by atoms with E-state index in [4.69, 9.17) is 4.74 Å². The van der Waals surface area contributed by atoms with Crippen LogP contribution in [0.5, 0.6) is 0 Å². The Labute approximate surface area is 153 Å². The summed E-state index contributed by atoms with van der Waals surface area (Å²) in [6.45, 7) is 1.09. The van der Waals surface area contributed by atoms with Gasteiger partial charge in [0.1, 0.15) is 11.7 Å². The zero-order valence-electron chi connectivity index (χ0n) is 14.7. The number of aromatic nitrogens is 2. The highest BCUT2D eigenvalue weighted by Gasteiger charge is 2.51. The zero-order valence-corrected chi connectivity index (χ0v) is 14.7. The molecule has 0 aromatic carbocycles. The number of alkyl halides is 3. The van der Waals surface area contributed by atoms with Crippen molar-refractivity contribution in [2.75, 3.05) is 6.61 Å². The SMILES string of the molecule is CC(C(=O)OCCc1cn[nH]c1C(F)(F)F)N1C(=O)C2CCCCC2C1=O. The summed E-state index contributed by atoms with van der Waals surface area (Å²) in [5.41, 5.74) is -1.11. The van der Waals surface area contributed by atoms with Crippen molar-refractivity contribution in [3.8, 4) is 0 Å². The fraction of sp³-hybridized carbons (Fsp3) is 0.647. The van der Waals surface area contributed by atoms with Gasteiger partial charge in [-0.3, -0.25) is 19.6 Å². The lowest BCUT2D eigenvalue weighted by atomic mass is 9.81. The number of likely N-dealkylation sites (tertiary alicyclic amines) is 1. The number of imide groups is 1. The van der Waals surface area contributed by atoms with Crippen molar-refractivity contribution in [2.45, 2.75) is 51.2 Å². The second kappa shape index (κ2) is 7.32. The molecule has 1 aliphatic heterocycles. The predicted molar refractivity (Wildman–Crippen MR) is 85.0 cm³/mol. The molecule has 0 radical (unpaired) electrons. The van der Waals surface area contributed by atoms with Crippen molar-refractivity contribution in [1.82, 2.24) is 15.1 Å². The molecule has 1 aromatic rings. The van der Waals surface area contributed by atoms with Crippen LogP contribution in [-0.4, -0.2) is 45.5 Å². The Morgan fingerprint density at radius 2 is 1.89 bits per heavy atom. The number of H-pyrrole nitrogens is 1. The molecule has 1 aliphatic carbocycles. The minimum atomic E-state index is -4.58. The molecule has 1 aromatic heterocycles. The number of carbonyl (C=O) groups excluding carboxylic acids is 3. The van der Waals surface area contributed by atoms with E-state index in [1.807, 2.05) is 5.10 Å². The smallest absolute Gasteiger partial charge is 0.433 e. The largest absolute Gasteiger partial charge is 0.464 e. The van der Waals surface area contributed by atoms with Crippen molar-refractivity contribution in [3.05, 3.63) is 17.5 Å². The number of esters is 1. The molecule has 1 N–H and O–H groups in total. The van der Waals surface area contributed by atoms with Gasteiger partial charge in [-0.2, -0.15) is 18.3 Å². The van der Waals surface area contributed by atoms with Gasteiger partial charge in [0.25, 0.3) is 0 Å². The van der Waals surface area contributed by atoms with E-state index in [0.29, 0.717) is 12.8 Å². The van der Waals surface area contributed by atoms with Gasteiger partial charge in [-0.1, -0.05) is 12.8 Å². The standard InChI is InChI=1S/C17H20F3N3O4/c1-9(23-14(24)11-4-2-3-5-12(11)15(23)25)16(26)27-7-6-10-8-21-22-13(10)17(18,19)20/h8-9,11-12H,2-7H2,1H3,(H,21,22). The van der Waals surface area contributed by atoms with E-state index in [-0.39, 0.29) is 42.2 Å². The molecule has 0 bridgehead atoms. The molecule has 2 heterocycles. The topological polar surface area (TPSA) is 92.4 Å². The summed E-state index contributed by atoms with van der Waals surface area (Å²) >= 11 is 0. The van der Waals surface area contributed by atoms with Crippen LogP contribution in [0.3, 0.4) is 0 Å². The van der Waals surface area contributed by atoms with Gasteiger partial charge < -0.3 is 4.74 Å². The summed E-state index contributed by atoms with van der Waals surface area (Å²) in [5.74, 6) is -2.28. The van der Waals surface area contributed by atoms with Crippen LogP contribution in [-0.2, 0) is 31.7 Å². The molecular weight excluding hydrogens is 367 g/mol. The van der Waals surface area contributed by atoms with E-state index in [9.17, 15) is 27.6 Å². The summed E-state index contributed by atoms with van der Waals surface area (Å²) in [4.78, 5) is 38.1. The lowest BCUT2D eigenvalue weighted by Gasteiger charge is -2.21. The Morgan fingerprint density at radius 3 is 2.44 bits per heavy atom. The molecule has 10 heteroatoms. The quantitative estimate of drug-likeness (QED) is 0.617. The molecular formula is C17H20F3N3O4. The Hall–Kier alpha value is -2.39. The molecule has 27 heavy (non-hydrogen) atoms. The van der Waals surface area contributed by atoms with E-state index in [0.717, 1.165) is 23.9 Å². The number of hydrogen-bond acceptors (Lipinski definition) is 5. The first kappa shape index (κ1) is 19.4. The van der Waals surface area contributed by atoms with E-state index in [1.54, 1.807) is 0 Å². The van der Waals surface area contributed by atoms with E-state index < -0.39 is 23.9 Å². The van der Waals surface area contributed by atoms with Gasteiger partial charge in [-0.05, 0) is 19.8 Å². The summed E-state index contributed by atoms with van der Waals surface area (Å²) < 4.78 is 43.3. The Bertz CT molecular complexity index is 722. The third kappa shape index (κ3) is 3.70. The summed E-state index contributed by atoms with van der Waals surface area (Å²) in [6.07, 6.45) is -0.719. The van der Waals surface area contributed by atoms with Crippen LogP contribution in [0.15, 0.2) is 6.20 Å². The lowest BCUT2D eigenvalue weighted by molar-refractivity contribution is -0.158. The van der Waals surface area contributed by atoms with Gasteiger partial charge in [0.05, 0.1) is 24.6 Å². The van der Waals surface area contributed by atoms with Gasteiger partial charge in [0.2, 0.25) is 11.8 Å². The average Bonchev–Trinajstić information content (AvgIpc) is 3.18. The number of fused-ring (bicyclic) bond motifs is 1. The Balaban J connectivity index is 1.58. The number of rotatable bonds is 5. The highest BCUT2D eigenvalue weighted by molar-refractivity contribution is 6.07. The van der Waals surface area contributed by atoms with Gasteiger partial charge in [0, 0.05) is 12.0 Å². The summed E-state index contributed by atoms with van der Waals surface area (Å²) in [5, 5.41) is 5.24. The molecule has 2 amide bonds. The number of hydrogen-bond donors (Lipinski definition) is 1. The second-order valence-electron chi connectivity index (χ2n) is 6.91. The highest BCUT2D eigenvalue weighted by Crippen LogP contribution is 2.39. The van der Waals surface area contributed by atoms with Gasteiger partial charge in [-0.25, -0.2) is 4.79 Å². The van der Waals surface area contributed by atoms with Crippen LogP contribution >= 0.6 is 0 Å². The number of carbonyl (C=O) groups is 3. The van der Waals surface area contributed by atoms with Crippen LogP contribution in [0.2, 0.25) is 0 Å². The molecule has 3 atom stereocenters. The maximum Gasteiger partial charge on any atom is 0.433 e. The summed E-state index contributed by atoms with van der Waals surface area (Å²) in [7, 11) is 0. The molecule has 1 saturated carbocycles. The number of ether oxygens (including phenoxy) is 1. The third-order valence-corrected chi connectivity index (χ3v) is 5.22. The van der Waals surface area contributed by atoms with E-state index in [2.05, 4.69) is 5.10 Å². The first-order valence-electron chi connectivity index (χ1n) is 8.84. The second-order valence-corrected chi connectivity index (χ2v) is 6.91. The van der Waals surface area contributed by atoms with Gasteiger partial charge in [-0.15, -0.1) is 0 Å². The minimum absolute atomic E-state index is 0.123. The number of amides is 2. The lowest BCUT2D eigenvalue weighted by Crippen LogP contribution is -2.44. The third-order valence-electron chi connectivity index (χ3n) is 5.22. The fourth-order valence-electron chi connectivity index (χ4n) is 3.80. The number of nitrogens with zero attached hydrogens (tertiary/aromatic N) is 2. The van der Waals surface area contributed by atoms with Crippen LogP contribution in [0.25, 0.3) is 0 Å². The van der Waals surface area contributed by atoms with Crippen molar-refractivity contribution in [3.63, 3.8) is 0 Å². The molecule has 2 aliphatic rings. The van der Waals surface area contributed by atoms with Crippen molar-refractivity contribution >= 4 is 17.8 Å². The number of halogens is 3. The molecule has 0 spiro atoms. The maximum atomic E-state index is 12.8. The van der Waals surface area contributed by atoms with Crippen molar-refractivity contribution in [1.29, 1.82) is 0 Å². The first-order chi connectivity index (χ1) is 12.7. The minimum Gasteiger partial charge on any atom is -0.464 e. The Kier molecular flexibility index (Phi) is 5.25. The molecule has 3 unspecified atom stereocenters. The van der Waals surface area contributed by atoms with E-state index in [1.165, 1.54) is 6.92 Å². The monoisotopic (exact) mass is 387 g/mol. The number of aromatic amines is 1. The predicted octanol–water partition coefficient (Wildman–Crippen LogP) is 2.08. The Morgan fingerprint density at radius 1 is 1.30 bits per heavy atom. The molecule has 2 fully saturated rings. The molecule has 7 nitrogen and oxygen atoms in total. The summed E-state index contributed by atoms with van der Waals surface area (Å²) in [6, 6.07) is -1.10. The van der Waals surface area contributed by atoms with Crippen LogP contribution in [0.4, 0.5) is 13.2 Å². The fourth-order valence-corrected chi connectivity index (χ4v) is 3.80.